The second-order valence-corrected chi connectivity index (χ2v) is 10.1. The van der Waals surface area contributed by atoms with Crippen molar-refractivity contribution in [2.45, 2.75) is 38.2 Å². The van der Waals surface area contributed by atoms with Crippen LogP contribution in [-0.2, 0) is 22.6 Å². The van der Waals surface area contributed by atoms with Crippen LogP contribution in [-0.4, -0.2) is 80.1 Å². The van der Waals surface area contributed by atoms with Gasteiger partial charge < -0.3 is 34.3 Å². The Morgan fingerprint density at radius 1 is 1.10 bits per heavy atom. The number of amides is 2. The third-order valence-electron chi connectivity index (χ3n) is 7.24. The van der Waals surface area contributed by atoms with E-state index in [2.05, 4.69) is 4.74 Å². The van der Waals surface area contributed by atoms with Crippen molar-refractivity contribution in [1.29, 1.82) is 0 Å². The number of piperidine rings is 1. The Kier molecular flexibility index (Phi) is 11.1. The monoisotopic (exact) mass is 612 g/mol. The standard InChI is InChI=1S/C29H35F3N4O5.ClH/c1-34(2)26(37)18-40-24-8-7-19(16-33)15-22(24)20-9-11-35(12-10-20)28(38)23-17-36(13-14-39-3)27-21(23)5-4-6-25(27)41-29(30,31)32;/h4-8,15,17,20H,9-14,16,18,33H2,1-3H3;1H. The van der Waals surface area contributed by atoms with E-state index in [1.54, 1.807) is 35.8 Å². The first-order chi connectivity index (χ1) is 19.5. The van der Waals surface area contributed by atoms with Crippen molar-refractivity contribution < 1.29 is 37.0 Å². The number of halogens is 4. The van der Waals surface area contributed by atoms with E-state index in [-0.39, 0.29) is 61.2 Å². The number of nitrogens with zero attached hydrogens (tertiary/aromatic N) is 3. The number of carbonyl (C=O) groups excluding carboxylic acids is 2. The van der Waals surface area contributed by atoms with Crippen molar-refractivity contribution in [3.05, 3.63) is 59.3 Å². The second kappa shape index (κ2) is 14.1. The Labute approximate surface area is 248 Å². The van der Waals surface area contributed by atoms with Gasteiger partial charge in [-0.3, -0.25) is 9.59 Å². The maximum Gasteiger partial charge on any atom is 0.573 e. The lowest BCUT2D eigenvalue weighted by Crippen LogP contribution is -2.38. The minimum absolute atomic E-state index is 0. The summed E-state index contributed by atoms with van der Waals surface area (Å²) in [6.45, 7) is 1.64. The van der Waals surface area contributed by atoms with Crippen LogP contribution in [0, 0.1) is 0 Å². The van der Waals surface area contributed by atoms with E-state index in [9.17, 15) is 22.8 Å². The van der Waals surface area contributed by atoms with Crippen LogP contribution in [0.2, 0.25) is 0 Å². The quantitative estimate of drug-likeness (QED) is 0.361. The maximum atomic E-state index is 13.7. The average molecular weight is 613 g/mol. The van der Waals surface area contributed by atoms with Crippen molar-refractivity contribution >= 4 is 35.1 Å². The predicted molar refractivity (Wildman–Crippen MR) is 154 cm³/mol. The van der Waals surface area contributed by atoms with E-state index < -0.39 is 6.36 Å². The summed E-state index contributed by atoms with van der Waals surface area (Å²) in [5.74, 6) is -0.111. The Morgan fingerprint density at radius 3 is 2.43 bits per heavy atom. The van der Waals surface area contributed by atoms with E-state index in [1.165, 1.54) is 24.1 Å². The molecule has 1 aliphatic heterocycles. The number of para-hydroxylation sites is 1. The molecule has 0 unspecified atom stereocenters. The van der Waals surface area contributed by atoms with Crippen LogP contribution in [0.5, 0.6) is 11.5 Å². The molecule has 0 radical (unpaired) electrons. The number of likely N-dealkylation sites (tertiary alicyclic amines) is 1. The fourth-order valence-corrected chi connectivity index (χ4v) is 5.08. The van der Waals surface area contributed by atoms with Crippen molar-refractivity contribution in [3.8, 4) is 11.5 Å². The van der Waals surface area contributed by atoms with Gasteiger partial charge in [-0.05, 0) is 42.0 Å². The third kappa shape index (κ3) is 7.67. The maximum absolute atomic E-state index is 13.7. The molecule has 0 bridgehead atoms. The molecule has 1 saturated heterocycles. The number of likely N-dealkylation sites (N-methyl/N-ethyl adjacent to an activating group) is 1. The molecule has 0 aliphatic carbocycles. The highest BCUT2D eigenvalue weighted by Crippen LogP contribution is 2.37. The van der Waals surface area contributed by atoms with E-state index >= 15 is 0 Å². The predicted octanol–water partition coefficient (Wildman–Crippen LogP) is 4.55. The third-order valence-corrected chi connectivity index (χ3v) is 7.24. The molecular weight excluding hydrogens is 577 g/mol. The molecule has 1 aromatic heterocycles. The van der Waals surface area contributed by atoms with Crippen LogP contribution < -0.4 is 15.2 Å². The smallest absolute Gasteiger partial charge is 0.483 e. The van der Waals surface area contributed by atoms with Crippen LogP contribution in [0.3, 0.4) is 0 Å². The first-order valence-corrected chi connectivity index (χ1v) is 13.3. The zero-order chi connectivity index (χ0) is 29.7. The van der Waals surface area contributed by atoms with Gasteiger partial charge in [0.25, 0.3) is 11.8 Å². The van der Waals surface area contributed by atoms with E-state index in [0.717, 1.165) is 11.1 Å². The number of rotatable bonds is 10. The molecule has 2 heterocycles. The summed E-state index contributed by atoms with van der Waals surface area (Å²) in [6.07, 6.45) is -2.02. The number of benzene rings is 2. The Balaban J connectivity index is 0.00000484. The highest BCUT2D eigenvalue weighted by atomic mass is 35.5. The molecule has 0 saturated carbocycles. The molecule has 4 rings (SSSR count). The summed E-state index contributed by atoms with van der Waals surface area (Å²) in [5.41, 5.74) is 8.24. The number of nitrogens with two attached hydrogens (primary N) is 1. The lowest BCUT2D eigenvalue weighted by Gasteiger charge is -2.33. The van der Waals surface area contributed by atoms with Crippen molar-refractivity contribution in [1.82, 2.24) is 14.4 Å². The van der Waals surface area contributed by atoms with Gasteiger partial charge in [-0.1, -0.05) is 24.3 Å². The van der Waals surface area contributed by atoms with E-state index in [1.807, 2.05) is 18.2 Å². The lowest BCUT2D eigenvalue weighted by molar-refractivity contribution is -0.274. The van der Waals surface area contributed by atoms with Gasteiger partial charge in [0.15, 0.2) is 12.4 Å². The van der Waals surface area contributed by atoms with Gasteiger partial charge in [-0.15, -0.1) is 25.6 Å². The first kappa shape index (κ1) is 33.0. The minimum Gasteiger partial charge on any atom is -0.483 e. The second-order valence-electron chi connectivity index (χ2n) is 10.1. The SMILES string of the molecule is COCCn1cc(C(=O)N2CCC(c3cc(CN)ccc3OCC(=O)N(C)C)CC2)c2cccc(OC(F)(F)F)c21.Cl. The summed E-state index contributed by atoms with van der Waals surface area (Å²) in [7, 11) is 4.82. The molecule has 13 heteroatoms. The van der Waals surface area contributed by atoms with Crippen molar-refractivity contribution in [2.75, 3.05) is 47.5 Å². The largest absolute Gasteiger partial charge is 0.573 e. The van der Waals surface area contributed by atoms with Gasteiger partial charge in [0.2, 0.25) is 0 Å². The Hall–Kier alpha value is -3.48. The molecule has 2 aromatic carbocycles. The molecule has 230 valence electrons. The number of aromatic nitrogens is 1. The van der Waals surface area contributed by atoms with E-state index in [4.69, 9.17) is 15.2 Å². The average Bonchev–Trinajstić information content (AvgIpc) is 3.33. The van der Waals surface area contributed by atoms with Gasteiger partial charge >= 0.3 is 6.36 Å². The molecule has 2 N–H and O–H groups in total. The van der Waals surface area contributed by atoms with Gasteiger partial charge in [-0.25, -0.2) is 0 Å². The number of fused-ring (bicyclic) bond motifs is 1. The van der Waals surface area contributed by atoms with Crippen LogP contribution in [0.15, 0.2) is 42.6 Å². The van der Waals surface area contributed by atoms with Crippen LogP contribution in [0.4, 0.5) is 13.2 Å². The molecular formula is C29H36ClF3N4O5. The van der Waals surface area contributed by atoms with Gasteiger partial charge in [-0.2, -0.15) is 0 Å². The zero-order valence-electron chi connectivity index (χ0n) is 23.8. The topological polar surface area (TPSA) is 99.3 Å². The number of methoxy groups -OCH3 is 1. The summed E-state index contributed by atoms with van der Waals surface area (Å²) >= 11 is 0. The van der Waals surface area contributed by atoms with Gasteiger partial charge in [0.1, 0.15) is 5.75 Å². The lowest BCUT2D eigenvalue weighted by atomic mass is 9.87. The van der Waals surface area contributed by atoms with Crippen molar-refractivity contribution in [2.24, 2.45) is 5.73 Å². The molecule has 42 heavy (non-hydrogen) atoms. The number of hydrogen-bond donors (Lipinski definition) is 1. The summed E-state index contributed by atoms with van der Waals surface area (Å²) in [5, 5.41) is 0.381. The normalized spacial score (nSPS) is 14.0. The molecule has 1 fully saturated rings. The number of ether oxygens (including phenoxy) is 3. The molecule has 1 aliphatic rings. The summed E-state index contributed by atoms with van der Waals surface area (Å²) in [4.78, 5) is 28.9. The minimum atomic E-state index is -4.87. The number of alkyl halides is 3. The number of carbonyl (C=O) groups is 2. The van der Waals surface area contributed by atoms with Crippen LogP contribution in [0.1, 0.15) is 40.2 Å². The molecule has 3 aromatic rings. The highest BCUT2D eigenvalue weighted by molar-refractivity contribution is 6.08. The van der Waals surface area contributed by atoms with Crippen LogP contribution in [0.25, 0.3) is 10.9 Å². The van der Waals surface area contributed by atoms with Gasteiger partial charge in [0.05, 0.1) is 17.7 Å². The number of hydrogen-bond acceptors (Lipinski definition) is 6. The highest BCUT2D eigenvalue weighted by Gasteiger charge is 2.34. The summed E-state index contributed by atoms with van der Waals surface area (Å²) in [6, 6.07) is 9.99. The molecule has 0 atom stereocenters. The van der Waals surface area contributed by atoms with Crippen molar-refractivity contribution in [3.63, 3.8) is 0 Å². The van der Waals surface area contributed by atoms with Gasteiger partial charge in [0, 0.05) is 59.0 Å². The molecule has 2 amide bonds. The fourth-order valence-electron chi connectivity index (χ4n) is 5.08. The Morgan fingerprint density at radius 2 is 1.81 bits per heavy atom. The van der Waals surface area contributed by atoms with Crippen LogP contribution >= 0.6 is 12.4 Å². The fraction of sp³-hybridized carbons (Fsp3) is 0.448. The zero-order valence-corrected chi connectivity index (χ0v) is 24.6. The van der Waals surface area contributed by atoms with E-state index in [0.29, 0.717) is 49.2 Å². The Bertz CT molecular complexity index is 1390. The molecule has 0 spiro atoms. The first-order valence-electron chi connectivity index (χ1n) is 13.3. The molecule has 9 nitrogen and oxygen atoms in total. The summed E-state index contributed by atoms with van der Waals surface area (Å²) < 4.78 is 56.2.